The molecule has 0 saturated heterocycles. The Balaban J connectivity index is 1.69. The summed E-state index contributed by atoms with van der Waals surface area (Å²) in [6.45, 7) is 4.08. The van der Waals surface area contributed by atoms with Crippen LogP contribution in [0.1, 0.15) is 22.5 Å². The number of methoxy groups -OCH3 is 2. The van der Waals surface area contributed by atoms with Crippen molar-refractivity contribution in [2.45, 2.75) is 20.3 Å². The van der Waals surface area contributed by atoms with Gasteiger partial charge in [0.15, 0.2) is 11.5 Å². The van der Waals surface area contributed by atoms with Crippen LogP contribution in [-0.4, -0.2) is 33.7 Å². The molecule has 0 radical (unpaired) electrons. The first-order chi connectivity index (χ1) is 14.0. The van der Waals surface area contributed by atoms with Crippen LogP contribution in [0.25, 0.3) is 16.7 Å². The third-order valence-electron chi connectivity index (χ3n) is 4.93. The molecule has 3 heterocycles. The lowest BCUT2D eigenvalue weighted by atomic mass is 10.1. The molecule has 29 heavy (non-hydrogen) atoms. The molecule has 0 atom stereocenters. The van der Waals surface area contributed by atoms with Crippen molar-refractivity contribution in [1.29, 1.82) is 0 Å². The molecule has 1 aromatic carbocycles. The van der Waals surface area contributed by atoms with Crippen molar-refractivity contribution in [2.24, 2.45) is 0 Å². The van der Waals surface area contributed by atoms with Crippen molar-refractivity contribution in [1.82, 2.24) is 19.5 Å². The summed E-state index contributed by atoms with van der Waals surface area (Å²) in [5, 5.41) is 0.458. The number of pyridine rings is 1. The van der Waals surface area contributed by atoms with Gasteiger partial charge in [0.2, 0.25) is 0 Å². The second-order valence-electron chi connectivity index (χ2n) is 6.98. The molecule has 4 aromatic rings. The van der Waals surface area contributed by atoms with Crippen LogP contribution in [0, 0.1) is 13.8 Å². The Bertz CT molecular complexity index is 1260. The quantitative estimate of drug-likeness (QED) is 0.565. The molecule has 0 aliphatic heterocycles. The average molecular weight is 390 g/mol. The average Bonchev–Trinajstić information content (AvgIpc) is 3.15. The molecule has 1 N–H and O–H groups in total. The van der Waals surface area contributed by atoms with Gasteiger partial charge in [-0.3, -0.25) is 4.79 Å². The van der Waals surface area contributed by atoms with Crippen LogP contribution < -0.4 is 15.0 Å². The van der Waals surface area contributed by atoms with Crippen molar-refractivity contribution in [3.05, 3.63) is 75.7 Å². The largest absolute Gasteiger partial charge is 0.493 e. The Kier molecular flexibility index (Phi) is 4.80. The van der Waals surface area contributed by atoms with E-state index in [0.29, 0.717) is 34.6 Å². The minimum atomic E-state index is -0.212. The van der Waals surface area contributed by atoms with Crippen LogP contribution in [0.2, 0.25) is 0 Å². The van der Waals surface area contributed by atoms with E-state index in [-0.39, 0.29) is 5.56 Å². The summed E-state index contributed by atoms with van der Waals surface area (Å²) in [6.07, 6.45) is 6.33. The molecule has 0 unspecified atom stereocenters. The Morgan fingerprint density at radius 2 is 1.86 bits per heavy atom. The predicted molar refractivity (Wildman–Crippen MR) is 111 cm³/mol. The van der Waals surface area contributed by atoms with Crippen molar-refractivity contribution in [3.63, 3.8) is 0 Å². The maximum absolute atomic E-state index is 12.6. The predicted octanol–water partition coefficient (Wildman–Crippen LogP) is 3.33. The van der Waals surface area contributed by atoms with E-state index in [9.17, 15) is 4.79 Å². The van der Waals surface area contributed by atoms with Crippen LogP contribution in [0.5, 0.6) is 11.5 Å². The van der Waals surface area contributed by atoms with Crippen LogP contribution in [-0.2, 0) is 6.42 Å². The van der Waals surface area contributed by atoms with Crippen LogP contribution in [0.4, 0.5) is 0 Å². The number of hydrogen-bond donors (Lipinski definition) is 1. The summed E-state index contributed by atoms with van der Waals surface area (Å²) in [4.78, 5) is 24.6. The smallest absolute Gasteiger partial charge is 0.258 e. The first-order valence-corrected chi connectivity index (χ1v) is 9.24. The van der Waals surface area contributed by atoms with Gasteiger partial charge in [-0.05, 0) is 48.7 Å². The van der Waals surface area contributed by atoms with Gasteiger partial charge in [0, 0.05) is 31.1 Å². The molecule has 0 aliphatic carbocycles. The normalized spacial score (nSPS) is 11.0. The van der Waals surface area contributed by atoms with E-state index in [2.05, 4.69) is 15.0 Å². The molecule has 7 nitrogen and oxygen atoms in total. The minimum Gasteiger partial charge on any atom is -0.493 e. The van der Waals surface area contributed by atoms with Gasteiger partial charge in [-0.15, -0.1) is 0 Å². The van der Waals surface area contributed by atoms with Gasteiger partial charge in [-0.1, -0.05) is 0 Å². The number of fused-ring (bicyclic) bond motifs is 1. The van der Waals surface area contributed by atoms with E-state index in [1.165, 1.54) is 12.7 Å². The highest BCUT2D eigenvalue weighted by Gasteiger charge is 2.12. The van der Waals surface area contributed by atoms with Gasteiger partial charge in [0.05, 0.1) is 25.1 Å². The zero-order chi connectivity index (χ0) is 20.5. The van der Waals surface area contributed by atoms with Gasteiger partial charge in [0.1, 0.15) is 11.6 Å². The number of aryl methyl sites for hydroxylation is 2. The van der Waals surface area contributed by atoms with Crippen molar-refractivity contribution >= 4 is 10.9 Å². The lowest BCUT2D eigenvalue weighted by Gasteiger charge is -2.11. The molecular formula is C22H22N4O3. The summed E-state index contributed by atoms with van der Waals surface area (Å²) < 4.78 is 12.6. The number of nitrogens with zero attached hydrogens (tertiary/aromatic N) is 3. The summed E-state index contributed by atoms with van der Waals surface area (Å²) in [5.74, 6) is 2.46. The number of H-pyrrole nitrogens is 1. The molecule has 0 bridgehead atoms. The number of nitrogens with one attached hydrogen (secondary N) is 1. The Morgan fingerprint density at radius 1 is 1.10 bits per heavy atom. The van der Waals surface area contributed by atoms with Crippen molar-refractivity contribution in [2.75, 3.05) is 14.2 Å². The maximum atomic E-state index is 12.6. The second kappa shape index (κ2) is 7.43. The van der Waals surface area contributed by atoms with E-state index in [1.807, 2.05) is 49.1 Å². The Morgan fingerprint density at radius 3 is 2.52 bits per heavy atom. The fraction of sp³-hybridized carbons (Fsp3) is 0.227. The highest BCUT2D eigenvalue weighted by molar-refractivity contribution is 5.81. The minimum absolute atomic E-state index is 0.212. The lowest BCUT2D eigenvalue weighted by Crippen LogP contribution is -2.13. The van der Waals surface area contributed by atoms with Gasteiger partial charge in [-0.25, -0.2) is 9.97 Å². The fourth-order valence-electron chi connectivity index (χ4n) is 3.32. The number of rotatable bonds is 5. The lowest BCUT2D eigenvalue weighted by molar-refractivity contribution is 0.355. The molecule has 0 spiro atoms. The monoisotopic (exact) mass is 390 g/mol. The van der Waals surface area contributed by atoms with E-state index in [4.69, 9.17) is 9.47 Å². The van der Waals surface area contributed by atoms with E-state index in [0.717, 1.165) is 16.9 Å². The molecular weight excluding hydrogens is 368 g/mol. The SMILES string of the molecule is COc1cc2nc(Cc3cnc(-n4ccc(C)c4)cc3C)[nH]c(=O)c2cc1OC. The van der Waals surface area contributed by atoms with Crippen LogP contribution >= 0.6 is 0 Å². The first kappa shape index (κ1) is 18.7. The van der Waals surface area contributed by atoms with Crippen LogP contribution in [0.15, 0.2) is 47.7 Å². The number of aromatic nitrogens is 4. The standard InChI is InChI=1S/C22H22N4O3/c1-13-5-6-26(12-13)21-7-14(2)15(11-23-21)8-20-24-17-10-19(29-4)18(28-3)9-16(17)22(27)25-20/h5-7,9-12H,8H2,1-4H3,(H,24,25,27). The molecule has 7 heteroatoms. The summed E-state index contributed by atoms with van der Waals surface area (Å²) in [6, 6.07) is 7.43. The molecule has 0 amide bonds. The fourth-order valence-corrected chi connectivity index (χ4v) is 3.32. The molecule has 0 fully saturated rings. The molecule has 3 aromatic heterocycles. The van der Waals surface area contributed by atoms with Crippen LogP contribution in [0.3, 0.4) is 0 Å². The number of aromatic amines is 1. The topological polar surface area (TPSA) is 82.0 Å². The zero-order valence-electron chi connectivity index (χ0n) is 16.8. The number of benzene rings is 1. The Hall–Kier alpha value is -3.61. The van der Waals surface area contributed by atoms with Gasteiger partial charge in [0.25, 0.3) is 5.56 Å². The Labute approximate surface area is 168 Å². The van der Waals surface area contributed by atoms with E-state index in [1.54, 1.807) is 19.2 Å². The van der Waals surface area contributed by atoms with E-state index < -0.39 is 0 Å². The molecule has 0 saturated carbocycles. The molecule has 148 valence electrons. The summed E-state index contributed by atoms with van der Waals surface area (Å²) in [5.41, 5.74) is 3.61. The first-order valence-electron chi connectivity index (χ1n) is 9.24. The second-order valence-corrected chi connectivity index (χ2v) is 6.98. The number of ether oxygens (including phenoxy) is 2. The van der Waals surface area contributed by atoms with E-state index >= 15 is 0 Å². The van der Waals surface area contributed by atoms with Gasteiger partial charge in [-0.2, -0.15) is 0 Å². The highest BCUT2D eigenvalue weighted by Crippen LogP contribution is 2.30. The third-order valence-corrected chi connectivity index (χ3v) is 4.93. The molecule has 0 aliphatic rings. The number of hydrogen-bond acceptors (Lipinski definition) is 5. The van der Waals surface area contributed by atoms with Gasteiger partial charge >= 0.3 is 0 Å². The highest BCUT2D eigenvalue weighted by atomic mass is 16.5. The van der Waals surface area contributed by atoms with Gasteiger partial charge < -0.3 is 19.0 Å². The van der Waals surface area contributed by atoms with Crippen molar-refractivity contribution < 1.29 is 9.47 Å². The zero-order valence-corrected chi connectivity index (χ0v) is 16.8. The summed E-state index contributed by atoms with van der Waals surface area (Å²) >= 11 is 0. The van der Waals surface area contributed by atoms with Crippen molar-refractivity contribution in [3.8, 4) is 17.3 Å². The molecule has 4 rings (SSSR count). The third kappa shape index (κ3) is 3.59. The maximum Gasteiger partial charge on any atom is 0.258 e. The summed E-state index contributed by atoms with van der Waals surface area (Å²) in [7, 11) is 3.09.